The highest BCUT2D eigenvalue weighted by Crippen LogP contribution is 2.29. The first-order chi connectivity index (χ1) is 16.3. The Morgan fingerprint density at radius 1 is 1.11 bits per heavy atom. The summed E-state index contributed by atoms with van der Waals surface area (Å²) in [6, 6.07) is 3.86. The lowest BCUT2D eigenvalue weighted by Crippen LogP contribution is -2.54. The van der Waals surface area contributed by atoms with Gasteiger partial charge in [-0.05, 0) is 70.1 Å². The molecule has 2 unspecified atom stereocenters. The fraction of sp³-hybridized carbons (Fsp3) is 0.667. The van der Waals surface area contributed by atoms with Gasteiger partial charge in [-0.25, -0.2) is 4.79 Å². The Morgan fingerprint density at radius 3 is 2.20 bits per heavy atom. The number of nitrogens with zero attached hydrogens (tertiary/aromatic N) is 1. The SMILES string of the molecule is CCCCNC(=O)C(c1c(C)cccc1C)N(CCO)C(=O)C(CC(C)C)NC(=O)OC(C)(C)C. The minimum Gasteiger partial charge on any atom is -0.444 e. The summed E-state index contributed by atoms with van der Waals surface area (Å²) >= 11 is 0. The van der Waals surface area contributed by atoms with Crippen LogP contribution in [0, 0.1) is 19.8 Å². The van der Waals surface area contributed by atoms with E-state index in [-0.39, 0.29) is 25.0 Å². The first kappa shape index (κ1) is 30.4. The number of hydrogen-bond donors (Lipinski definition) is 3. The fourth-order valence-electron chi connectivity index (χ4n) is 3.99. The predicted molar refractivity (Wildman–Crippen MR) is 138 cm³/mol. The van der Waals surface area contributed by atoms with E-state index in [4.69, 9.17) is 4.74 Å². The Balaban J connectivity index is 3.47. The molecule has 0 heterocycles. The highest BCUT2D eigenvalue weighted by Gasteiger charge is 2.37. The molecule has 0 aliphatic heterocycles. The third-order valence-electron chi connectivity index (χ3n) is 5.53. The molecule has 0 fully saturated rings. The Morgan fingerprint density at radius 2 is 1.71 bits per heavy atom. The van der Waals surface area contributed by atoms with Gasteiger partial charge in [0.15, 0.2) is 0 Å². The number of aliphatic hydroxyl groups is 1. The topological polar surface area (TPSA) is 108 Å². The van der Waals surface area contributed by atoms with E-state index >= 15 is 0 Å². The van der Waals surface area contributed by atoms with E-state index in [9.17, 15) is 19.5 Å². The molecule has 0 saturated heterocycles. The van der Waals surface area contributed by atoms with Crippen LogP contribution in [0.3, 0.4) is 0 Å². The van der Waals surface area contributed by atoms with Crippen molar-refractivity contribution in [2.75, 3.05) is 19.7 Å². The number of alkyl carbamates (subject to hydrolysis) is 1. The zero-order valence-electron chi connectivity index (χ0n) is 22.7. The number of carbonyl (C=O) groups is 3. The number of carbonyl (C=O) groups excluding carboxylic acids is 3. The Hall–Kier alpha value is -2.61. The molecule has 0 spiro atoms. The van der Waals surface area contributed by atoms with Crippen molar-refractivity contribution in [2.24, 2.45) is 5.92 Å². The van der Waals surface area contributed by atoms with Gasteiger partial charge in [-0.1, -0.05) is 45.4 Å². The number of benzene rings is 1. The number of ether oxygens (including phenoxy) is 1. The molecule has 3 N–H and O–H groups in total. The minimum absolute atomic E-state index is 0.0525. The van der Waals surface area contributed by atoms with Gasteiger partial charge in [0, 0.05) is 13.1 Å². The lowest BCUT2D eigenvalue weighted by molar-refractivity contribution is -0.143. The molecular weight excluding hydrogens is 446 g/mol. The molecule has 8 heteroatoms. The molecule has 0 bridgehead atoms. The van der Waals surface area contributed by atoms with Crippen molar-refractivity contribution in [2.45, 2.75) is 92.3 Å². The van der Waals surface area contributed by atoms with E-state index in [2.05, 4.69) is 10.6 Å². The number of nitrogens with one attached hydrogen (secondary N) is 2. The molecule has 35 heavy (non-hydrogen) atoms. The minimum atomic E-state index is -0.942. The summed E-state index contributed by atoms with van der Waals surface area (Å²) in [4.78, 5) is 41.4. The number of aliphatic hydroxyl groups excluding tert-OH is 1. The summed E-state index contributed by atoms with van der Waals surface area (Å²) in [7, 11) is 0. The van der Waals surface area contributed by atoms with E-state index in [1.165, 1.54) is 4.90 Å². The van der Waals surface area contributed by atoms with Crippen LogP contribution < -0.4 is 10.6 Å². The molecule has 3 amide bonds. The average Bonchev–Trinajstić information content (AvgIpc) is 2.72. The highest BCUT2D eigenvalue weighted by molar-refractivity contribution is 5.92. The van der Waals surface area contributed by atoms with Crippen LogP contribution >= 0.6 is 0 Å². The van der Waals surface area contributed by atoms with Crippen molar-refractivity contribution in [3.63, 3.8) is 0 Å². The quantitative estimate of drug-likeness (QED) is 0.383. The molecule has 198 valence electrons. The number of hydrogen-bond acceptors (Lipinski definition) is 5. The van der Waals surface area contributed by atoms with Crippen LogP contribution in [0.1, 0.15) is 83.5 Å². The van der Waals surface area contributed by atoms with E-state index < -0.39 is 29.7 Å². The molecule has 2 atom stereocenters. The zero-order valence-corrected chi connectivity index (χ0v) is 22.7. The van der Waals surface area contributed by atoms with E-state index in [0.29, 0.717) is 13.0 Å². The standard InChI is InChI=1S/C27H45N3O5/c1-9-10-14-28-24(32)23(22-19(4)12-11-13-20(22)5)30(15-16-31)25(33)21(17-18(2)3)29-26(34)35-27(6,7)8/h11-13,18,21,23,31H,9-10,14-17H2,1-8H3,(H,28,32)(H,29,34). The van der Waals surface area contributed by atoms with Crippen LogP contribution in [0.2, 0.25) is 0 Å². The second-order valence-electron chi connectivity index (χ2n) is 10.4. The van der Waals surface area contributed by atoms with Gasteiger partial charge in [-0.2, -0.15) is 0 Å². The van der Waals surface area contributed by atoms with Crippen LogP contribution in [0.15, 0.2) is 18.2 Å². The third kappa shape index (κ3) is 9.88. The molecule has 1 aromatic rings. The van der Waals surface area contributed by atoms with Gasteiger partial charge in [0.1, 0.15) is 17.7 Å². The van der Waals surface area contributed by atoms with E-state index in [0.717, 1.165) is 29.5 Å². The molecule has 0 aromatic heterocycles. The van der Waals surface area contributed by atoms with Crippen molar-refractivity contribution in [1.29, 1.82) is 0 Å². The summed E-state index contributed by atoms with van der Waals surface area (Å²) < 4.78 is 5.39. The largest absolute Gasteiger partial charge is 0.444 e. The lowest BCUT2D eigenvalue weighted by atomic mass is 9.93. The van der Waals surface area contributed by atoms with Gasteiger partial charge in [-0.3, -0.25) is 9.59 Å². The Bertz CT molecular complexity index is 827. The van der Waals surface area contributed by atoms with Gasteiger partial charge >= 0.3 is 6.09 Å². The van der Waals surface area contributed by atoms with Gasteiger partial charge < -0.3 is 25.4 Å². The first-order valence-electron chi connectivity index (χ1n) is 12.6. The number of unbranched alkanes of at least 4 members (excludes halogenated alkanes) is 1. The molecule has 0 radical (unpaired) electrons. The van der Waals surface area contributed by atoms with Crippen LogP contribution in [0.25, 0.3) is 0 Å². The normalized spacial score (nSPS) is 13.2. The molecule has 8 nitrogen and oxygen atoms in total. The van der Waals surface area contributed by atoms with Crippen molar-refractivity contribution >= 4 is 17.9 Å². The van der Waals surface area contributed by atoms with Crippen molar-refractivity contribution in [1.82, 2.24) is 15.5 Å². The molecule has 0 aliphatic rings. The smallest absolute Gasteiger partial charge is 0.408 e. The molecule has 1 rings (SSSR count). The van der Waals surface area contributed by atoms with Crippen LogP contribution in [0.4, 0.5) is 4.79 Å². The summed E-state index contributed by atoms with van der Waals surface area (Å²) in [5, 5.41) is 15.5. The van der Waals surface area contributed by atoms with E-state index in [1.54, 1.807) is 20.8 Å². The second kappa shape index (κ2) is 14.1. The van der Waals surface area contributed by atoms with Crippen LogP contribution in [-0.4, -0.2) is 59.3 Å². The van der Waals surface area contributed by atoms with Crippen molar-refractivity contribution in [3.8, 4) is 0 Å². The Kier molecular flexibility index (Phi) is 12.2. The maximum Gasteiger partial charge on any atom is 0.408 e. The maximum atomic E-state index is 13.9. The maximum absolute atomic E-state index is 13.9. The summed E-state index contributed by atoms with van der Waals surface area (Å²) in [6.45, 7) is 15.1. The van der Waals surface area contributed by atoms with Gasteiger partial charge in [-0.15, -0.1) is 0 Å². The van der Waals surface area contributed by atoms with Crippen LogP contribution in [-0.2, 0) is 14.3 Å². The molecule has 0 saturated carbocycles. The summed E-state index contributed by atoms with van der Waals surface area (Å²) in [6.07, 6.45) is 1.40. The summed E-state index contributed by atoms with van der Waals surface area (Å²) in [5.74, 6) is -0.651. The van der Waals surface area contributed by atoms with Gasteiger partial charge in [0.05, 0.1) is 6.61 Å². The molecule has 1 aromatic carbocycles. The molecular formula is C27H45N3O5. The highest BCUT2D eigenvalue weighted by atomic mass is 16.6. The lowest BCUT2D eigenvalue weighted by Gasteiger charge is -2.35. The predicted octanol–water partition coefficient (Wildman–Crippen LogP) is 4.02. The third-order valence-corrected chi connectivity index (χ3v) is 5.53. The van der Waals surface area contributed by atoms with Gasteiger partial charge in [0.2, 0.25) is 11.8 Å². The van der Waals surface area contributed by atoms with Crippen molar-refractivity contribution in [3.05, 3.63) is 34.9 Å². The zero-order chi connectivity index (χ0) is 26.8. The second-order valence-corrected chi connectivity index (χ2v) is 10.4. The summed E-state index contributed by atoms with van der Waals surface area (Å²) in [5.41, 5.74) is 1.75. The van der Waals surface area contributed by atoms with E-state index in [1.807, 2.05) is 52.8 Å². The van der Waals surface area contributed by atoms with Gasteiger partial charge in [0.25, 0.3) is 0 Å². The fourth-order valence-corrected chi connectivity index (χ4v) is 3.99. The average molecular weight is 492 g/mol. The monoisotopic (exact) mass is 491 g/mol. The number of amides is 3. The number of aryl methyl sites for hydroxylation is 2. The van der Waals surface area contributed by atoms with Crippen molar-refractivity contribution < 1.29 is 24.2 Å². The first-order valence-corrected chi connectivity index (χ1v) is 12.6. The van der Waals surface area contributed by atoms with Crippen LogP contribution in [0.5, 0.6) is 0 Å². The Labute approximate surface area is 210 Å². The number of rotatable bonds is 12. The molecule has 0 aliphatic carbocycles.